The number of thiazole rings is 1. The van der Waals surface area contributed by atoms with Crippen molar-refractivity contribution >= 4 is 16.3 Å². The standard InChI is InChI=1S/C21H28N4OS/c1-5-17-22-21-25(23-17)20(26)19(27-21)18(16-8-6-13(2)7-9-16)24-11-14(3)10-15(4)12-24/h6-9,14-15,18,26H,5,10-12H2,1-4H3/t14-,15-,18-/m0/s1. The van der Waals surface area contributed by atoms with Gasteiger partial charge in [0.1, 0.15) is 0 Å². The number of aryl methyl sites for hydroxylation is 2. The minimum Gasteiger partial charge on any atom is -0.492 e. The minimum absolute atomic E-state index is 0.0365. The van der Waals surface area contributed by atoms with Crippen molar-refractivity contribution in [2.24, 2.45) is 11.8 Å². The highest BCUT2D eigenvalue weighted by molar-refractivity contribution is 7.17. The fraction of sp³-hybridized carbons (Fsp3) is 0.524. The molecule has 0 spiro atoms. The lowest BCUT2D eigenvalue weighted by Gasteiger charge is -2.40. The van der Waals surface area contributed by atoms with Crippen LogP contribution in [-0.4, -0.2) is 37.7 Å². The molecule has 1 N–H and O–H groups in total. The van der Waals surface area contributed by atoms with E-state index in [-0.39, 0.29) is 11.9 Å². The second-order valence-corrected chi connectivity index (χ2v) is 9.09. The van der Waals surface area contributed by atoms with E-state index in [9.17, 15) is 5.11 Å². The third-order valence-corrected chi connectivity index (χ3v) is 6.54. The molecule has 6 heteroatoms. The number of piperidine rings is 1. The molecule has 0 unspecified atom stereocenters. The van der Waals surface area contributed by atoms with Crippen LogP contribution in [0.4, 0.5) is 0 Å². The maximum absolute atomic E-state index is 11.0. The Morgan fingerprint density at radius 3 is 2.44 bits per heavy atom. The highest BCUT2D eigenvalue weighted by Crippen LogP contribution is 2.42. The van der Waals surface area contributed by atoms with Gasteiger partial charge in [0, 0.05) is 19.5 Å². The highest BCUT2D eigenvalue weighted by Gasteiger charge is 2.33. The van der Waals surface area contributed by atoms with E-state index in [2.05, 4.69) is 60.0 Å². The van der Waals surface area contributed by atoms with E-state index in [0.717, 1.165) is 35.2 Å². The van der Waals surface area contributed by atoms with Crippen LogP contribution in [0, 0.1) is 18.8 Å². The third kappa shape index (κ3) is 3.48. The molecule has 0 saturated carbocycles. The Hall–Kier alpha value is -1.92. The summed E-state index contributed by atoms with van der Waals surface area (Å²) < 4.78 is 1.61. The molecule has 2 aromatic heterocycles. The summed E-state index contributed by atoms with van der Waals surface area (Å²) in [6, 6.07) is 8.73. The fourth-order valence-electron chi connectivity index (χ4n) is 4.32. The van der Waals surface area contributed by atoms with Gasteiger partial charge in [-0.1, -0.05) is 61.9 Å². The molecule has 1 saturated heterocycles. The lowest BCUT2D eigenvalue weighted by Crippen LogP contribution is -2.41. The number of rotatable bonds is 4. The van der Waals surface area contributed by atoms with Crippen LogP contribution in [0.2, 0.25) is 0 Å². The van der Waals surface area contributed by atoms with Crippen molar-refractivity contribution in [3.63, 3.8) is 0 Å². The van der Waals surface area contributed by atoms with Gasteiger partial charge in [0.2, 0.25) is 10.8 Å². The van der Waals surface area contributed by atoms with Crippen molar-refractivity contribution in [2.75, 3.05) is 13.1 Å². The summed E-state index contributed by atoms with van der Waals surface area (Å²) in [6.45, 7) is 10.9. The van der Waals surface area contributed by atoms with Crippen LogP contribution < -0.4 is 0 Å². The van der Waals surface area contributed by atoms with E-state index in [1.54, 1.807) is 15.9 Å². The molecule has 3 heterocycles. The quantitative estimate of drug-likeness (QED) is 0.723. The van der Waals surface area contributed by atoms with E-state index in [0.29, 0.717) is 11.8 Å². The molecular formula is C21H28N4OS. The predicted molar refractivity (Wildman–Crippen MR) is 109 cm³/mol. The predicted octanol–water partition coefficient (Wildman–Crippen LogP) is 4.43. The van der Waals surface area contributed by atoms with Gasteiger partial charge in [-0.2, -0.15) is 4.52 Å². The van der Waals surface area contributed by atoms with Crippen LogP contribution in [0.5, 0.6) is 5.88 Å². The molecule has 0 amide bonds. The largest absolute Gasteiger partial charge is 0.492 e. The lowest BCUT2D eigenvalue weighted by molar-refractivity contribution is 0.112. The fourth-order valence-corrected chi connectivity index (χ4v) is 5.45. The van der Waals surface area contributed by atoms with Gasteiger partial charge < -0.3 is 5.11 Å². The number of benzene rings is 1. The first-order valence-corrected chi connectivity index (χ1v) is 10.7. The Kier molecular flexibility index (Phi) is 4.95. The molecule has 0 aliphatic carbocycles. The maximum atomic E-state index is 11.0. The number of hydrogen-bond donors (Lipinski definition) is 1. The summed E-state index contributed by atoms with van der Waals surface area (Å²) in [5.74, 6) is 2.31. The minimum atomic E-state index is 0.0365. The normalized spacial score (nSPS) is 22.4. The zero-order chi connectivity index (χ0) is 19.1. The molecule has 5 nitrogen and oxygen atoms in total. The van der Waals surface area contributed by atoms with Crippen molar-refractivity contribution < 1.29 is 5.11 Å². The summed E-state index contributed by atoms with van der Waals surface area (Å²) in [4.78, 5) is 8.81. The number of hydrogen-bond acceptors (Lipinski definition) is 5. The second kappa shape index (κ2) is 7.24. The van der Waals surface area contributed by atoms with Gasteiger partial charge in [0.25, 0.3) is 0 Å². The maximum Gasteiger partial charge on any atom is 0.230 e. The van der Waals surface area contributed by atoms with E-state index in [4.69, 9.17) is 0 Å². The van der Waals surface area contributed by atoms with Gasteiger partial charge in [0.15, 0.2) is 5.82 Å². The van der Waals surface area contributed by atoms with E-state index < -0.39 is 0 Å². The van der Waals surface area contributed by atoms with Gasteiger partial charge in [-0.3, -0.25) is 4.90 Å². The van der Waals surface area contributed by atoms with Gasteiger partial charge >= 0.3 is 0 Å². The molecule has 27 heavy (non-hydrogen) atoms. The topological polar surface area (TPSA) is 53.7 Å². The number of aromatic nitrogens is 3. The molecule has 0 radical (unpaired) electrons. The van der Waals surface area contributed by atoms with Crippen molar-refractivity contribution in [3.05, 3.63) is 46.1 Å². The van der Waals surface area contributed by atoms with E-state index >= 15 is 0 Å². The summed E-state index contributed by atoms with van der Waals surface area (Å²) in [5.41, 5.74) is 2.47. The molecule has 144 valence electrons. The van der Waals surface area contributed by atoms with Crippen LogP contribution in [0.3, 0.4) is 0 Å². The first kappa shape index (κ1) is 18.4. The third-order valence-electron chi connectivity index (χ3n) is 5.46. The lowest BCUT2D eigenvalue weighted by atomic mass is 9.89. The highest BCUT2D eigenvalue weighted by atomic mass is 32.1. The SMILES string of the molecule is CCc1nc2sc([C@H](c3ccc(C)cc3)N3C[C@@H](C)C[C@H](C)C3)c(O)n2n1. The smallest absolute Gasteiger partial charge is 0.230 e. The van der Waals surface area contributed by atoms with Crippen molar-refractivity contribution in [3.8, 4) is 5.88 Å². The molecule has 1 aliphatic heterocycles. The Morgan fingerprint density at radius 1 is 1.19 bits per heavy atom. The van der Waals surface area contributed by atoms with Gasteiger partial charge in [0.05, 0.1) is 10.9 Å². The second-order valence-electron chi connectivity index (χ2n) is 8.08. The Balaban J connectivity index is 1.81. The van der Waals surface area contributed by atoms with Crippen molar-refractivity contribution in [2.45, 2.75) is 46.6 Å². The molecule has 4 rings (SSSR count). The van der Waals surface area contributed by atoms with Crippen LogP contribution in [0.15, 0.2) is 24.3 Å². The van der Waals surface area contributed by atoms with Crippen LogP contribution in [0.25, 0.3) is 4.96 Å². The van der Waals surface area contributed by atoms with Gasteiger partial charge in [-0.25, -0.2) is 4.98 Å². The molecular weight excluding hydrogens is 356 g/mol. The molecule has 3 aromatic rings. The van der Waals surface area contributed by atoms with E-state index in [1.165, 1.54) is 17.5 Å². The molecule has 1 fully saturated rings. The van der Waals surface area contributed by atoms with Crippen LogP contribution in [0.1, 0.15) is 55.1 Å². The van der Waals surface area contributed by atoms with Gasteiger partial charge in [-0.05, 0) is 30.7 Å². The summed E-state index contributed by atoms with van der Waals surface area (Å²) in [5, 5.41) is 15.5. The van der Waals surface area contributed by atoms with E-state index in [1.807, 2.05) is 6.92 Å². The molecule has 1 aliphatic rings. The zero-order valence-corrected chi connectivity index (χ0v) is 17.3. The average Bonchev–Trinajstić information content (AvgIpc) is 3.16. The molecule has 3 atom stereocenters. The number of fused-ring (bicyclic) bond motifs is 1. The number of likely N-dealkylation sites (tertiary alicyclic amines) is 1. The summed E-state index contributed by atoms with van der Waals surface area (Å²) in [7, 11) is 0. The van der Waals surface area contributed by atoms with Crippen molar-refractivity contribution in [1.82, 2.24) is 19.5 Å². The number of nitrogens with zero attached hydrogens (tertiary/aromatic N) is 4. The van der Waals surface area contributed by atoms with Crippen LogP contribution in [-0.2, 0) is 6.42 Å². The van der Waals surface area contributed by atoms with Gasteiger partial charge in [-0.15, -0.1) is 5.10 Å². The monoisotopic (exact) mass is 384 g/mol. The molecule has 0 bridgehead atoms. The Bertz CT molecular complexity index is 920. The first-order valence-electron chi connectivity index (χ1n) is 9.84. The molecule has 1 aromatic carbocycles. The van der Waals surface area contributed by atoms with Crippen molar-refractivity contribution in [1.29, 1.82) is 0 Å². The Morgan fingerprint density at radius 2 is 1.85 bits per heavy atom. The Labute approximate surface area is 164 Å². The average molecular weight is 385 g/mol. The summed E-state index contributed by atoms with van der Waals surface area (Å²) in [6.07, 6.45) is 2.03. The first-order chi connectivity index (χ1) is 13.0. The van der Waals surface area contributed by atoms with Crippen LogP contribution >= 0.6 is 11.3 Å². The number of aromatic hydroxyl groups is 1. The zero-order valence-electron chi connectivity index (χ0n) is 16.5. The summed E-state index contributed by atoms with van der Waals surface area (Å²) >= 11 is 1.56.